The van der Waals surface area contributed by atoms with Gasteiger partial charge in [-0.1, -0.05) is 24.3 Å². The van der Waals surface area contributed by atoms with E-state index in [0.29, 0.717) is 17.5 Å². The summed E-state index contributed by atoms with van der Waals surface area (Å²) in [7, 11) is 0. The van der Waals surface area contributed by atoms with Gasteiger partial charge >= 0.3 is 11.9 Å². The van der Waals surface area contributed by atoms with Gasteiger partial charge in [0.05, 0.1) is 6.04 Å². The SMILES string of the molecule is C[C@H](NC(=O)[C@H](Cc1ccc(O)cc1)NC(=O)[C@H](CCC(=O)O)NC(=O)[C@H](Cc1ccc(O)cc1)NC(=O)[C@@H](N)CCCN=C(N)N)C(=O)O. The first-order valence-corrected chi connectivity index (χ1v) is 15.6. The van der Waals surface area contributed by atoms with Crippen LogP contribution < -0.4 is 38.5 Å². The van der Waals surface area contributed by atoms with Crippen LogP contribution in [0.15, 0.2) is 53.5 Å². The van der Waals surface area contributed by atoms with Crippen molar-refractivity contribution >= 4 is 41.5 Å². The number of carbonyl (C=O) groups excluding carboxylic acids is 4. The lowest BCUT2D eigenvalue weighted by Gasteiger charge is -2.26. The van der Waals surface area contributed by atoms with E-state index in [1.165, 1.54) is 55.5 Å². The number of aliphatic carboxylic acids is 2. The maximum Gasteiger partial charge on any atom is 0.325 e. The number of nitrogens with one attached hydrogen (secondary N) is 4. The first-order chi connectivity index (χ1) is 23.5. The van der Waals surface area contributed by atoms with Crippen molar-refractivity contribution in [1.82, 2.24) is 21.3 Å². The van der Waals surface area contributed by atoms with Crippen molar-refractivity contribution in [2.24, 2.45) is 22.2 Å². The van der Waals surface area contributed by atoms with Crippen LogP contribution in [0.1, 0.15) is 43.7 Å². The number of aromatic hydroxyl groups is 2. The van der Waals surface area contributed by atoms with Gasteiger partial charge in [0.1, 0.15) is 35.7 Å². The summed E-state index contributed by atoms with van der Waals surface area (Å²) in [6, 6.07) is 4.77. The second kappa shape index (κ2) is 19.8. The van der Waals surface area contributed by atoms with E-state index in [-0.39, 0.29) is 43.3 Å². The highest BCUT2D eigenvalue weighted by Gasteiger charge is 2.32. The highest BCUT2D eigenvalue weighted by Crippen LogP contribution is 2.14. The summed E-state index contributed by atoms with van der Waals surface area (Å²) >= 11 is 0. The van der Waals surface area contributed by atoms with Gasteiger partial charge in [0.2, 0.25) is 23.6 Å². The molecule has 0 aliphatic rings. The second-order valence-corrected chi connectivity index (χ2v) is 11.5. The predicted octanol–water partition coefficient (Wildman–Crippen LogP) is -1.83. The molecule has 0 bridgehead atoms. The fourth-order valence-corrected chi connectivity index (χ4v) is 4.54. The van der Waals surface area contributed by atoms with Crippen LogP contribution >= 0.6 is 0 Å². The number of hydrogen-bond acceptors (Lipinski definition) is 10. The van der Waals surface area contributed by atoms with Gasteiger partial charge in [-0.2, -0.15) is 0 Å². The number of nitrogens with two attached hydrogens (primary N) is 3. The van der Waals surface area contributed by atoms with Gasteiger partial charge in [-0.3, -0.25) is 33.8 Å². The molecule has 5 atom stereocenters. The monoisotopic (exact) mass is 700 g/mol. The molecule has 2 rings (SSSR count). The molecule has 0 heterocycles. The average molecular weight is 701 g/mol. The van der Waals surface area contributed by atoms with Crippen molar-refractivity contribution in [2.45, 2.75) is 75.7 Å². The zero-order valence-corrected chi connectivity index (χ0v) is 27.4. The van der Waals surface area contributed by atoms with Gasteiger partial charge in [0.15, 0.2) is 5.96 Å². The Balaban J connectivity index is 2.33. The van der Waals surface area contributed by atoms with Crippen LogP contribution in [0.2, 0.25) is 0 Å². The third-order valence-corrected chi connectivity index (χ3v) is 7.33. The van der Waals surface area contributed by atoms with Crippen LogP contribution in [0, 0.1) is 0 Å². The van der Waals surface area contributed by atoms with E-state index >= 15 is 0 Å². The lowest BCUT2D eigenvalue weighted by molar-refractivity contribution is -0.141. The van der Waals surface area contributed by atoms with Gasteiger partial charge < -0.3 is 58.9 Å². The number of amides is 4. The fourth-order valence-electron chi connectivity index (χ4n) is 4.54. The predicted molar refractivity (Wildman–Crippen MR) is 179 cm³/mol. The van der Waals surface area contributed by atoms with E-state index in [2.05, 4.69) is 26.3 Å². The third-order valence-electron chi connectivity index (χ3n) is 7.33. The van der Waals surface area contributed by atoms with Gasteiger partial charge in [-0.05, 0) is 61.6 Å². The molecular formula is C32H44N8O10. The molecule has 4 amide bonds. The molecule has 0 unspecified atom stereocenters. The number of guanidine groups is 1. The fraction of sp³-hybridized carbons (Fsp3) is 0.406. The average Bonchev–Trinajstić information content (AvgIpc) is 3.05. The number of benzene rings is 2. The van der Waals surface area contributed by atoms with Gasteiger partial charge in [0.25, 0.3) is 0 Å². The summed E-state index contributed by atoms with van der Waals surface area (Å²) < 4.78 is 0. The van der Waals surface area contributed by atoms with Crippen molar-refractivity contribution in [3.63, 3.8) is 0 Å². The minimum Gasteiger partial charge on any atom is -0.508 e. The van der Waals surface area contributed by atoms with Crippen molar-refractivity contribution in [1.29, 1.82) is 0 Å². The van der Waals surface area contributed by atoms with Gasteiger partial charge in [-0.15, -0.1) is 0 Å². The molecule has 18 heteroatoms. The number of phenols is 2. The summed E-state index contributed by atoms with van der Waals surface area (Å²) in [6.45, 7) is 1.43. The van der Waals surface area contributed by atoms with Crippen LogP contribution in [0.4, 0.5) is 0 Å². The molecule has 0 aromatic heterocycles. The van der Waals surface area contributed by atoms with E-state index in [0.717, 1.165) is 0 Å². The number of nitrogens with zero attached hydrogens (tertiary/aromatic N) is 1. The molecule has 0 saturated heterocycles. The first kappa shape index (κ1) is 40.3. The standard InChI is InChI=1S/C32H44N8O10/c1-17(31(49)50)37-29(47)24(15-18-4-8-20(41)9-5-18)40-28(46)23(12-13-26(43)44)38-30(48)25(16-19-6-10-21(42)11-7-19)39-27(45)22(33)3-2-14-36-32(34)35/h4-11,17,22-25,41-42H,2-3,12-16,33H2,1H3,(H,37,47)(H,38,48)(H,39,45)(H,40,46)(H,43,44)(H,49,50)(H4,34,35,36)/t17-,22-,23-,24-,25-/m0/s1. The maximum atomic E-state index is 13.7. The highest BCUT2D eigenvalue weighted by atomic mass is 16.4. The molecule has 14 N–H and O–H groups in total. The van der Waals surface area contributed by atoms with Crippen LogP contribution in [-0.4, -0.2) is 98.7 Å². The Bertz CT molecular complexity index is 1510. The summed E-state index contributed by atoms with van der Waals surface area (Å²) in [5, 5.41) is 47.7. The summed E-state index contributed by atoms with van der Waals surface area (Å²) in [4.78, 5) is 80.1. The number of rotatable bonds is 20. The smallest absolute Gasteiger partial charge is 0.325 e. The van der Waals surface area contributed by atoms with Crippen LogP contribution in [0.25, 0.3) is 0 Å². The molecular weight excluding hydrogens is 656 g/mol. The lowest BCUT2D eigenvalue weighted by atomic mass is 10.0. The van der Waals surface area contributed by atoms with E-state index in [9.17, 15) is 49.2 Å². The molecule has 0 radical (unpaired) electrons. The number of hydrogen-bond donors (Lipinski definition) is 11. The van der Waals surface area contributed by atoms with Gasteiger partial charge in [-0.25, -0.2) is 0 Å². The van der Waals surface area contributed by atoms with E-state index in [1.807, 2.05) is 0 Å². The molecule has 0 spiro atoms. The number of aliphatic imine (C=N–C) groups is 1. The molecule has 0 saturated carbocycles. The zero-order chi connectivity index (χ0) is 37.4. The van der Waals surface area contributed by atoms with E-state index < -0.39 is 78.6 Å². The molecule has 18 nitrogen and oxygen atoms in total. The number of carbonyl (C=O) groups is 6. The Morgan fingerprint density at radius 2 is 1.12 bits per heavy atom. The first-order valence-electron chi connectivity index (χ1n) is 15.6. The second-order valence-electron chi connectivity index (χ2n) is 11.5. The molecule has 0 fully saturated rings. The molecule has 272 valence electrons. The van der Waals surface area contributed by atoms with Crippen LogP contribution in [0.3, 0.4) is 0 Å². The number of phenolic OH excluding ortho intramolecular Hbond substituents is 2. The van der Waals surface area contributed by atoms with Crippen molar-refractivity contribution in [2.75, 3.05) is 6.54 Å². The summed E-state index contributed by atoms with van der Waals surface area (Å²) in [6.07, 6.45) is -0.766. The quantitative estimate of drug-likeness (QED) is 0.0412. The topological polar surface area (TPSA) is 322 Å². The largest absolute Gasteiger partial charge is 0.508 e. The highest BCUT2D eigenvalue weighted by molar-refractivity contribution is 5.95. The van der Waals surface area contributed by atoms with Crippen molar-refractivity contribution < 1.29 is 49.2 Å². The Labute approximate surface area is 287 Å². The molecule has 2 aromatic carbocycles. The minimum atomic E-state index is -1.53. The number of carboxylic acids is 2. The lowest BCUT2D eigenvalue weighted by Crippen LogP contribution is -2.59. The van der Waals surface area contributed by atoms with Crippen LogP contribution in [0.5, 0.6) is 11.5 Å². The van der Waals surface area contributed by atoms with E-state index in [4.69, 9.17) is 17.2 Å². The summed E-state index contributed by atoms with van der Waals surface area (Å²) in [5.41, 5.74) is 17.6. The molecule has 0 aliphatic carbocycles. The Morgan fingerprint density at radius 3 is 1.58 bits per heavy atom. The molecule has 0 aliphatic heterocycles. The summed E-state index contributed by atoms with van der Waals surface area (Å²) in [5.74, 6) is -6.30. The maximum absolute atomic E-state index is 13.7. The molecule has 50 heavy (non-hydrogen) atoms. The van der Waals surface area contributed by atoms with E-state index in [1.54, 1.807) is 0 Å². The zero-order valence-electron chi connectivity index (χ0n) is 27.4. The Kier molecular flexibility index (Phi) is 15.9. The Hall–Kier alpha value is -5.91. The normalized spacial score (nSPS) is 13.7. The van der Waals surface area contributed by atoms with Gasteiger partial charge in [0, 0.05) is 25.8 Å². The van der Waals surface area contributed by atoms with Crippen molar-refractivity contribution in [3.8, 4) is 11.5 Å². The Morgan fingerprint density at radius 1 is 0.680 bits per heavy atom. The van der Waals surface area contributed by atoms with Crippen molar-refractivity contribution in [3.05, 3.63) is 59.7 Å². The molecule has 2 aromatic rings. The minimum absolute atomic E-state index is 0.0457. The third kappa shape index (κ3) is 14.5. The van der Waals surface area contributed by atoms with Crippen LogP contribution in [-0.2, 0) is 41.6 Å². The number of carboxylic acid groups (broad SMARTS) is 2.